The molecule has 0 rings (SSSR count). The van der Waals surface area contributed by atoms with E-state index in [1.165, 1.54) is 0 Å². The molecule has 2 unspecified atom stereocenters. The fourth-order valence-electron chi connectivity index (χ4n) is 0.476. The zero-order chi connectivity index (χ0) is 7.28. The van der Waals surface area contributed by atoms with Gasteiger partial charge in [0.15, 0.2) is 0 Å². The number of carbonyl (C=O) groups excluding carboxylic acids is 1. The number of hydrogen-bond acceptors (Lipinski definition) is 2. The molecule has 0 aromatic carbocycles. The smallest absolute Gasteiger partial charge is 0.207 e. The van der Waals surface area contributed by atoms with Gasteiger partial charge in [-0.2, -0.15) is 0 Å². The first-order valence-electron chi connectivity index (χ1n) is 3.12. The van der Waals surface area contributed by atoms with Gasteiger partial charge in [-0.05, 0) is 19.4 Å². The Morgan fingerprint density at radius 1 is 1.67 bits per heavy atom. The average Bonchev–Trinajstić information content (AvgIpc) is 1.87. The summed E-state index contributed by atoms with van der Waals surface area (Å²) in [6, 6.07) is 0.187. The molecule has 0 aromatic rings. The van der Waals surface area contributed by atoms with Crippen LogP contribution < -0.4 is 11.1 Å². The second-order valence-electron chi connectivity index (χ2n) is 2.29. The van der Waals surface area contributed by atoms with Crippen molar-refractivity contribution < 1.29 is 4.79 Å². The predicted molar refractivity (Wildman–Crippen MR) is 36.9 cm³/mol. The van der Waals surface area contributed by atoms with E-state index in [4.69, 9.17) is 5.73 Å². The third-order valence-corrected chi connectivity index (χ3v) is 1.56. The molecule has 0 aliphatic carbocycles. The van der Waals surface area contributed by atoms with E-state index in [0.717, 1.165) is 0 Å². The van der Waals surface area contributed by atoms with Crippen molar-refractivity contribution in [1.29, 1.82) is 0 Å². The van der Waals surface area contributed by atoms with Gasteiger partial charge in [-0.3, -0.25) is 4.79 Å². The highest BCUT2D eigenvalue weighted by atomic mass is 16.1. The summed E-state index contributed by atoms with van der Waals surface area (Å²) in [5.74, 6) is 0.357. The van der Waals surface area contributed by atoms with E-state index in [1.54, 1.807) is 0 Å². The molecule has 0 saturated carbocycles. The summed E-state index contributed by atoms with van der Waals surface area (Å²) in [5, 5.41) is 2.64. The Kier molecular flexibility index (Phi) is 4.05. The first-order valence-corrected chi connectivity index (χ1v) is 3.12. The second-order valence-corrected chi connectivity index (χ2v) is 2.29. The Hall–Kier alpha value is -0.570. The molecule has 2 atom stereocenters. The minimum atomic E-state index is 0.187. The van der Waals surface area contributed by atoms with Crippen LogP contribution in [0.25, 0.3) is 0 Å². The van der Waals surface area contributed by atoms with Crippen LogP contribution in [0.3, 0.4) is 0 Å². The molecule has 9 heavy (non-hydrogen) atoms. The summed E-state index contributed by atoms with van der Waals surface area (Å²) >= 11 is 0. The molecule has 0 saturated heterocycles. The van der Waals surface area contributed by atoms with Crippen LogP contribution in [0, 0.1) is 5.92 Å². The summed E-state index contributed by atoms with van der Waals surface area (Å²) in [6.07, 6.45) is 0.705. The first-order chi connectivity index (χ1) is 4.22. The van der Waals surface area contributed by atoms with Crippen molar-refractivity contribution in [3.05, 3.63) is 0 Å². The quantitative estimate of drug-likeness (QED) is 0.514. The van der Waals surface area contributed by atoms with Crippen LogP contribution in [0.1, 0.15) is 13.8 Å². The first kappa shape index (κ1) is 8.43. The Morgan fingerprint density at radius 3 is 2.56 bits per heavy atom. The molecule has 1 amide bonds. The Labute approximate surface area is 55.6 Å². The zero-order valence-electron chi connectivity index (χ0n) is 5.92. The maximum absolute atomic E-state index is 9.88. The Balaban J connectivity index is 3.44. The summed E-state index contributed by atoms with van der Waals surface area (Å²) in [6.45, 7) is 4.55. The van der Waals surface area contributed by atoms with E-state index in [-0.39, 0.29) is 6.04 Å². The van der Waals surface area contributed by atoms with Crippen molar-refractivity contribution in [2.24, 2.45) is 11.7 Å². The van der Waals surface area contributed by atoms with Gasteiger partial charge in [-0.25, -0.2) is 0 Å². The molecule has 3 nitrogen and oxygen atoms in total. The van der Waals surface area contributed by atoms with Gasteiger partial charge in [0, 0.05) is 6.04 Å². The normalized spacial score (nSPS) is 16.3. The molecule has 0 spiro atoms. The molecular weight excluding hydrogens is 116 g/mol. The number of nitrogens with one attached hydrogen (secondary N) is 1. The predicted octanol–water partition coefficient (Wildman–Crippen LogP) is -0.284. The molecular formula is C6H14N2O. The van der Waals surface area contributed by atoms with Crippen LogP contribution in [-0.2, 0) is 4.79 Å². The number of rotatable bonds is 4. The maximum Gasteiger partial charge on any atom is 0.207 e. The SMILES string of the molecule is CC(CN)C(C)NC=O. The number of amides is 1. The van der Waals surface area contributed by atoms with Gasteiger partial charge < -0.3 is 11.1 Å². The highest BCUT2D eigenvalue weighted by molar-refractivity contribution is 5.46. The molecule has 0 heterocycles. The number of carbonyl (C=O) groups is 1. The molecule has 54 valence electrons. The van der Waals surface area contributed by atoms with Crippen LogP contribution in [0.5, 0.6) is 0 Å². The molecule has 0 bridgehead atoms. The van der Waals surface area contributed by atoms with Crippen LogP contribution in [-0.4, -0.2) is 19.0 Å². The van der Waals surface area contributed by atoms with Gasteiger partial charge in [0.05, 0.1) is 0 Å². The summed E-state index contributed by atoms with van der Waals surface area (Å²) in [4.78, 5) is 9.88. The van der Waals surface area contributed by atoms with Crippen LogP contribution >= 0.6 is 0 Å². The summed E-state index contributed by atoms with van der Waals surface area (Å²) in [7, 11) is 0. The third-order valence-electron chi connectivity index (χ3n) is 1.56. The topological polar surface area (TPSA) is 55.1 Å². The van der Waals surface area contributed by atoms with Crippen LogP contribution in [0.4, 0.5) is 0 Å². The fraction of sp³-hybridized carbons (Fsp3) is 0.833. The lowest BCUT2D eigenvalue weighted by Gasteiger charge is -2.16. The van der Waals surface area contributed by atoms with Crippen molar-refractivity contribution in [2.45, 2.75) is 19.9 Å². The van der Waals surface area contributed by atoms with Gasteiger partial charge in [0.25, 0.3) is 0 Å². The van der Waals surface area contributed by atoms with E-state index in [9.17, 15) is 4.79 Å². The highest BCUT2D eigenvalue weighted by Crippen LogP contribution is 1.97. The van der Waals surface area contributed by atoms with Crippen molar-refractivity contribution in [3.8, 4) is 0 Å². The lowest BCUT2D eigenvalue weighted by atomic mass is 10.1. The monoisotopic (exact) mass is 130 g/mol. The lowest BCUT2D eigenvalue weighted by Crippen LogP contribution is -2.34. The Bertz CT molecular complexity index is 85.1. The van der Waals surface area contributed by atoms with Crippen molar-refractivity contribution in [3.63, 3.8) is 0 Å². The number of hydrogen-bond donors (Lipinski definition) is 2. The van der Waals surface area contributed by atoms with Crippen LogP contribution in [0.2, 0.25) is 0 Å². The third kappa shape index (κ3) is 3.08. The van der Waals surface area contributed by atoms with Crippen LogP contribution in [0.15, 0.2) is 0 Å². The van der Waals surface area contributed by atoms with E-state index in [2.05, 4.69) is 5.32 Å². The van der Waals surface area contributed by atoms with Gasteiger partial charge in [-0.1, -0.05) is 6.92 Å². The van der Waals surface area contributed by atoms with Gasteiger partial charge in [-0.15, -0.1) is 0 Å². The van der Waals surface area contributed by atoms with E-state index in [0.29, 0.717) is 18.9 Å². The average molecular weight is 130 g/mol. The van der Waals surface area contributed by atoms with Gasteiger partial charge in [0.2, 0.25) is 6.41 Å². The van der Waals surface area contributed by atoms with E-state index in [1.807, 2.05) is 13.8 Å². The Morgan fingerprint density at radius 2 is 2.22 bits per heavy atom. The minimum absolute atomic E-state index is 0.187. The van der Waals surface area contributed by atoms with E-state index >= 15 is 0 Å². The summed E-state index contributed by atoms with van der Waals surface area (Å²) < 4.78 is 0. The minimum Gasteiger partial charge on any atom is -0.356 e. The standard InChI is InChI=1S/C6H14N2O/c1-5(3-7)6(2)8-4-9/h4-6H,3,7H2,1-2H3,(H,8,9). The molecule has 0 aliphatic heterocycles. The van der Waals surface area contributed by atoms with Crippen molar-refractivity contribution in [1.82, 2.24) is 5.32 Å². The molecule has 0 fully saturated rings. The largest absolute Gasteiger partial charge is 0.356 e. The fourth-order valence-corrected chi connectivity index (χ4v) is 0.476. The second kappa shape index (κ2) is 4.32. The lowest BCUT2D eigenvalue weighted by molar-refractivity contribution is -0.110. The highest BCUT2D eigenvalue weighted by Gasteiger charge is 2.07. The van der Waals surface area contributed by atoms with E-state index < -0.39 is 0 Å². The molecule has 0 aliphatic rings. The maximum atomic E-state index is 9.88. The zero-order valence-corrected chi connectivity index (χ0v) is 5.92. The molecule has 3 heteroatoms. The molecule has 0 aromatic heterocycles. The van der Waals surface area contributed by atoms with Gasteiger partial charge >= 0.3 is 0 Å². The summed E-state index contributed by atoms with van der Waals surface area (Å²) in [5.41, 5.74) is 5.35. The molecule has 0 radical (unpaired) electrons. The van der Waals surface area contributed by atoms with Crippen molar-refractivity contribution in [2.75, 3.05) is 6.54 Å². The van der Waals surface area contributed by atoms with Gasteiger partial charge in [0.1, 0.15) is 0 Å². The molecule has 3 N–H and O–H groups in total. The number of nitrogens with two attached hydrogens (primary N) is 1. The van der Waals surface area contributed by atoms with Crippen molar-refractivity contribution >= 4 is 6.41 Å².